The first kappa shape index (κ1) is 12.3. The van der Waals surface area contributed by atoms with E-state index in [1.54, 1.807) is 0 Å². The van der Waals surface area contributed by atoms with Gasteiger partial charge in [0.15, 0.2) is 5.78 Å². The largest absolute Gasteiger partial charge is 0.357 e. The molecule has 1 saturated heterocycles. The number of carbonyl (C=O) groups excluding carboxylic acids is 1. The van der Waals surface area contributed by atoms with E-state index in [1.807, 2.05) is 30.1 Å². The van der Waals surface area contributed by atoms with Crippen molar-refractivity contribution < 1.29 is 4.79 Å². The van der Waals surface area contributed by atoms with Crippen molar-refractivity contribution in [2.24, 2.45) is 7.05 Å². The molecular weight excluding hydrogens is 214 g/mol. The van der Waals surface area contributed by atoms with Gasteiger partial charge in [-0.2, -0.15) is 0 Å². The number of hydrogen-bond acceptors (Lipinski definition) is 3. The molecule has 1 aliphatic heterocycles. The molecule has 0 spiro atoms. The normalized spacial score (nSPS) is 22.9. The van der Waals surface area contributed by atoms with Crippen LogP contribution >= 0.6 is 0 Å². The van der Waals surface area contributed by atoms with Crippen LogP contribution in [-0.2, 0) is 7.05 Å². The lowest BCUT2D eigenvalue weighted by Crippen LogP contribution is -2.51. The van der Waals surface area contributed by atoms with Crippen LogP contribution in [0.15, 0.2) is 18.5 Å². The van der Waals surface area contributed by atoms with Crippen LogP contribution in [0.25, 0.3) is 0 Å². The SMILES string of the molecule is CC1CN(C)CCN1CC(=O)c1ccn(C)c1. The molecule has 0 saturated carbocycles. The molecule has 1 aromatic heterocycles. The van der Waals surface area contributed by atoms with Gasteiger partial charge in [0.2, 0.25) is 0 Å². The zero-order valence-corrected chi connectivity index (χ0v) is 10.9. The zero-order chi connectivity index (χ0) is 12.4. The summed E-state index contributed by atoms with van der Waals surface area (Å²) in [6, 6.07) is 2.35. The summed E-state index contributed by atoms with van der Waals surface area (Å²) in [5, 5.41) is 0. The van der Waals surface area contributed by atoms with E-state index in [-0.39, 0.29) is 5.78 Å². The van der Waals surface area contributed by atoms with Gasteiger partial charge in [-0.15, -0.1) is 0 Å². The van der Waals surface area contributed by atoms with E-state index in [4.69, 9.17) is 0 Å². The molecule has 1 fully saturated rings. The highest BCUT2D eigenvalue weighted by Crippen LogP contribution is 2.10. The Bertz CT molecular complexity index is 399. The van der Waals surface area contributed by atoms with Gasteiger partial charge in [0.25, 0.3) is 0 Å². The minimum atomic E-state index is 0.224. The summed E-state index contributed by atoms with van der Waals surface area (Å²) in [4.78, 5) is 16.7. The van der Waals surface area contributed by atoms with Gasteiger partial charge in [-0.25, -0.2) is 0 Å². The number of rotatable bonds is 3. The van der Waals surface area contributed by atoms with Gasteiger partial charge < -0.3 is 9.47 Å². The molecular formula is C13H21N3O. The van der Waals surface area contributed by atoms with E-state index in [0.29, 0.717) is 12.6 Å². The number of aromatic nitrogens is 1. The molecule has 0 N–H and O–H groups in total. The number of carbonyl (C=O) groups is 1. The lowest BCUT2D eigenvalue weighted by atomic mass is 10.1. The maximum atomic E-state index is 12.1. The fourth-order valence-corrected chi connectivity index (χ4v) is 2.36. The number of Topliss-reactive ketones (excluding diaryl/α,β-unsaturated/α-hetero) is 1. The molecule has 1 aromatic rings. The standard InChI is InChI=1S/C13H21N3O/c1-11-8-15(3)6-7-16(11)10-13(17)12-4-5-14(2)9-12/h4-5,9,11H,6-8,10H2,1-3H3. The monoisotopic (exact) mass is 235 g/mol. The van der Waals surface area contributed by atoms with Crippen LogP contribution in [0.4, 0.5) is 0 Å². The van der Waals surface area contributed by atoms with E-state index in [0.717, 1.165) is 25.2 Å². The maximum Gasteiger partial charge on any atom is 0.178 e. The van der Waals surface area contributed by atoms with Crippen LogP contribution in [0.3, 0.4) is 0 Å². The molecule has 4 heteroatoms. The average molecular weight is 235 g/mol. The van der Waals surface area contributed by atoms with Crippen molar-refractivity contribution in [3.05, 3.63) is 24.0 Å². The molecule has 1 unspecified atom stereocenters. The second kappa shape index (κ2) is 5.02. The summed E-state index contributed by atoms with van der Waals surface area (Å²) in [6.45, 7) is 5.80. The molecule has 0 aliphatic carbocycles. The first-order chi connectivity index (χ1) is 8.06. The number of piperazine rings is 1. The predicted molar refractivity (Wildman–Crippen MR) is 68.3 cm³/mol. The van der Waals surface area contributed by atoms with Gasteiger partial charge in [0, 0.05) is 50.7 Å². The van der Waals surface area contributed by atoms with E-state index < -0.39 is 0 Å². The third-order valence-electron chi connectivity index (χ3n) is 3.47. The zero-order valence-electron chi connectivity index (χ0n) is 10.9. The molecule has 17 heavy (non-hydrogen) atoms. The van der Waals surface area contributed by atoms with Gasteiger partial charge in [-0.05, 0) is 20.0 Å². The quantitative estimate of drug-likeness (QED) is 0.727. The summed E-state index contributed by atoms with van der Waals surface area (Å²) in [5.41, 5.74) is 0.818. The van der Waals surface area contributed by atoms with Crippen molar-refractivity contribution in [3.63, 3.8) is 0 Å². The molecule has 0 bridgehead atoms. The van der Waals surface area contributed by atoms with Gasteiger partial charge in [-0.3, -0.25) is 9.69 Å². The molecule has 4 nitrogen and oxygen atoms in total. The summed E-state index contributed by atoms with van der Waals surface area (Å²) in [6.07, 6.45) is 3.81. The second-order valence-electron chi connectivity index (χ2n) is 5.07. The molecule has 2 heterocycles. The average Bonchev–Trinajstić information content (AvgIpc) is 2.69. The highest BCUT2D eigenvalue weighted by molar-refractivity contribution is 5.97. The predicted octanol–water partition coefficient (Wildman–Crippen LogP) is 0.844. The molecule has 1 aliphatic rings. The van der Waals surface area contributed by atoms with E-state index in [9.17, 15) is 4.79 Å². The highest BCUT2D eigenvalue weighted by Gasteiger charge is 2.23. The van der Waals surface area contributed by atoms with Crippen molar-refractivity contribution in [2.75, 3.05) is 33.2 Å². The first-order valence-electron chi connectivity index (χ1n) is 6.14. The molecule has 2 rings (SSSR count). The second-order valence-corrected chi connectivity index (χ2v) is 5.07. The third-order valence-corrected chi connectivity index (χ3v) is 3.47. The Balaban J connectivity index is 1.95. The van der Waals surface area contributed by atoms with E-state index in [1.165, 1.54) is 0 Å². The van der Waals surface area contributed by atoms with Gasteiger partial charge in [0.05, 0.1) is 6.54 Å². The van der Waals surface area contributed by atoms with Crippen molar-refractivity contribution in [2.45, 2.75) is 13.0 Å². The molecule has 0 aromatic carbocycles. The summed E-state index contributed by atoms with van der Waals surface area (Å²) in [5.74, 6) is 0.224. The first-order valence-corrected chi connectivity index (χ1v) is 6.14. The van der Waals surface area contributed by atoms with Crippen LogP contribution in [0.5, 0.6) is 0 Å². The Kier molecular flexibility index (Phi) is 3.64. The molecule has 1 atom stereocenters. The summed E-state index contributed by atoms with van der Waals surface area (Å²) < 4.78 is 1.92. The Hall–Kier alpha value is -1.13. The van der Waals surface area contributed by atoms with Crippen LogP contribution in [-0.4, -0.2) is 59.4 Å². The van der Waals surface area contributed by atoms with Crippen molar-refractivity contribution >= 4 is 5.78 Å². The maximum absolute atomic E-state index is 12.1. The van der Waals surface area contributed by atoms with E-state index in [2.05, 4.69) is 23.8 Å². The molecule has 0 radical (unpaired) electrons. The Morgan fingerprint density at radius 2 is 2.18 bits per heavy atom. The minimum Gasteiger partial charge on any atom is -0.357 e. The number of likely N-dealkylation sites (N-methyl/N-ethyl adjacent to an activating group) is 1. The van der Waals surface area contributed by atoms with E-state index >= 15 is 0 Å². The van der Waals surface area contributed by atoms with Crippen LogP contribution in [0.2, 0.25) is 0 Å². The van der Waals surface area contributed by atoms with Gasteiger partial charge in [-0.1, -0.05) is 0 Å². The highest BCUT2D eigenvalue weighted by atomic mass is 16.1. The Morgan fingerprint density at radius 1 is 1.41 bits per heavy atom. The van der Waals surface area contributed by atoms with Crippen molar-refractivity contribution in [3.8, 4) is 0 Å². The Labute approximate surface area is 103 Å². The van der Waals surface area contributed by atoms with Crippen molar-refractivity contribution in [1.29, 1.82) is 0 Å². The minimum absolute atomic E-state index is 0.224. The fourth-order valence-electron chi connectivity index (χ4n) is 2.36. The number of ketones is 1. The lowest BCUT2D eigenvalue weighted by Gasteiger charge is -2.37. The summed E-state index contributed by atoms with van der Waals surface area (Å²) >= 11 is 0. The van der Waals surface area contributed by atoms with Crippen LogP contribution < -0.4 is 0 Å². The Morgan fingerprint density at radius 3 is 2.76 bits per heavy atom. The van der Waals surface area contributed by atoms with Crippen LogP contribution in [0, 0.1) is 0 Å². The smallest absolute Gasteiger partial charge is 0.178 e. The molecule has 94 valence electrons. The number of hydrogen-bond donors (Lipinski definition) is 0. The number of aryl methyl sites for hydroxylation is 1. The third kappa shape index (κ3) is 2.96. The fraction of sp³-hybridized carbons (Fsp3) is 0.615. The van der Waals surface area contributed by atoms with Crippen LogP contribution in [0.1, 0.15) is 17.3 Å². The van der Waals surface area contributed by atoms with Gasteiger partial charge >= 0.3 is 0 Å². The summed E-state index contributed by atoms with van der Waals surface area (Å²) in [7, 11) is 4.07. The molecule has 0 amide bonds. The van der Waals surface area contributed by atoms with Gasteiger partial charge in [0.1, 0.15) is 0 Å². The topological polar surface area (TPSA) is 28.5 Å². The lowest BCUT2D eigenvalue weighted by molar-refractivity contribution is 0.0747. The number of nitrogens with zero attached hydrogens (tertiary/aromatic N) is 3. The van der Waals surface area contributed by atoms with Crippen molar-refractivity contribution in [1.82, 2.24) is 14.4 Å².